The third-order valence-corrected chi connectivity index (χ3v) is 3.35. The quantitative estimate of drug-likeness (QED) is 0.884. The summed E-state index contributed by atoms with van der Waals surface area (Å²) < 4.78 is 11.6. The van der Waals surface area contributed by atoms with Crippen molar-refractivity contribution in [3.63, 3.8) is 0 Å². The predicted octanol–water partition coefficient (Wildman–Crippen LogP) is 1.77. The van der Waals surface area contributed by atoms with Gasteiger partial charge in [0.05, 0.1) is 31.9 Å². The summed E-state index contributed by atoms with van der Waals surface area (Å²) in [5, 5.41) is 6.05. The molecule has 1 aromatic carbocycles. The standard InChI is InChI=1S/C13H17BrN2O3/c1-18-12-3-2-9(14)6-11(12)16-13(17)7-10-8-15-4-5-19-10/h2-3,6,10,15H,4-5,7-8H2,1H3,(H,16,17). The predicted molar refractivity (Wildman–Crippen MR) is 76.6 cm³/mol. The minimum Gasteiger partial charge on any atom is -0.495 e. The van der Waals surface area contributed by atoms with Crippen LogP contribution < -0.4 is 15.4 Å². The third-order valence-electron chi connectivity index (χ3n) is 2.85. The van der Waals surface area contributed by atoms with Gasteiger partial charge in [-0.15, -0.1) is 0 Å². The number of hydrogen-bond donors (Lipinski definition) is 2. The Morgan fingerprint density at radius 2 is 2.47 bits per heavy atom. The van der Waals surface area contributed by atoms with E-state index in [4.69, 9.17) is 9.47 Å². The number of methoxy groups -OCH3 is 1. The first-order chi connectivity index (χ1) is 9.19. The Morgan fingerprint density at radius 1 is 1.63 bits per heavy atom. The zero-order chi connectivity index (χ0) is 13.7. The van der Waals surface area contributed by atoms with Crippen molar-refractivity contribution in [2.24, 2.45) is 0 Å². The molecule has 1 aliphatic rings. The number of amides is 1. The lowest BCUT2D eigenvalue weighted by atomic mass is 10.2. The molecule has 1 amide bonds. The van der Waals surface area contributed by atoms with Gasteiger partial charge in [0.15, 0.2) is 0 Å². The van der Waals surface area contributed by atoms with Crippen LogP contribution in [0, 0.1) is 0 Å². The van der Waals surface area contributed by atoms with Crippen LogP contribution in [0.25, 0.3) is 0 Å². The van der Waals surface area contributed by atoms with Crippen LogP contribution in [0.3, 0.4) is 0 Å². The second kappa shape index (κ2) is 6.88. The summed E-state index contributed by atoms with van der Waals surface area (Å²) in [6.45, 7) is 2.21. The molecule has 0 bridgehead atoms. The summed E-state index contributed by atoms with van der Waals surface area (Å²) in [7, 11) is 1.58. The highest BCUT2D eigenvalue weighted by atomic mass is 79.9. The molecule has 0 aromatic heterocycles. The van der Waals surface area contributed by atoms with Crippen molar-refractivity contribution in [1.82, 2.24) is 5.32 Å². The molecule has 1 aliphatic heterocycles. The summed E-state index contributed by atoms with van der Waals surface area (Å²) in [5.41, 5.74) is 0.658. The molecule has 5 nitrogen and oxygen atoms in total. The summed E-state index contributed by atoms with van der Waals surface area (Å²) >= 11 is 3.37. The van der Waals surface area contributed by atoms with Gasteiger partial charge in [-0.05, 0) is 18.2 Å². The lowest BCUT2D eigenvalue weighted by molar-refractivity contribution is -0.119. The maximum atomic E-state index is 12.0. The first kappa shape index (κ1) is 14.3. The molecule has 1 fully saturated rings. The Kier molecular flexibility index (Phi) is 5.18. The molecule has 2 rings (SSSR count). The Morgan fingerprint density at radius 3 is 3.16 bits per heavy atom. The highest BCUT2D eigenvalue weighted by Crippen LogP contribution is 2.28. The molecule has 1 aromatic rings. The fraction of sp³-hybridized carbons (Fsp3) is 0.462. The number of morpholine rings is 1. The highest BCUT2D eigenvalue weighted by Gasteiger charge is 2.18. The lowest BCUT2D eigenvalue weighted by Crippen LogP contribution is -2.40. The molecule has 19 heavy (non-hydrogen) atoms. The minimum absolute atomic E-state index is 0.0631. The van der Waals surface area contributed by atoms with Crippen LogP contribution in [0.5, 0.6) is 5.75 Å². The smallest absolute Gasteiger partial charge is 0.227 e. The zero-order valence-electron chi connectivity index (χ0n) is 10.7. The third kappa shape index (κ3) is 4.19. The van der Waals surface area contributed by atoms with Gasteiger partial charge >= 0.3 is 0 Å². The molecule has 1 unspecified atom stereocenters. The lowest BCUT2D eigenvalue weighted by Gasteiger charge is -2.23. The summed E-state index contributed by atoms with van der Waals surface area (Å²) in [6, 6.07) is 5.48. The van der Waals surface area contributed by atoms with E-state index in [-0.39, 0.29) is 12.0 Å². The average molecular weight is 329 g/mol. The van der Waals surface area contributed by atoms with Crippen molar-refractivity contribution in [3.8, 4) is 5.75 Å². The van der Waals surface area contributed by atoms with Crippen molar-refractivity contribution in [3.05, 3.63) is 22.7 Å². The molecule has 1 heterocycles. The molecule has 0 spiro atoms. The number of nitrogens with one attached hydrogen (secondary N) is 2. The van der Waals surface area contributed by atoms with Gasteiger partial charge in [0.25, 0.3) is 0 Å². The van der Waals surface area contributed by atoms with E-state index in [1.807, 2.05) is 12.1 Å². The number of ether oxygens (including phenoxy) is 2. The molecule has 6 heteroatoms. The van der Waals surface area contributed by atoms with Crippen molar-refractivity contribution < 1.29 is 14.3 Å². The van der Waals surface area contributed by atoms with E-state index in [9.17, 15) is 4.79 Å². The molecular formula is C13H17BrN2O3. The summed E-state index contributed by atoms with van der Waals surface area (Å²) in [6.07, 6.45) is 0.273. The zero-order valence-corrected chi connectivity index (χ0v) is 12.3. The van der Waals surface area contributed by atoms with E-state index in [2.05, 4.69) is 26.6 Å². The number of hydrogen-bond acceptors (Lipinski definition) is 4. The van der Waals surface area contributed by atoms with Gasteiger partial charge in [-0.25, -0.2) is 0 Å². The van der Waals surface area contributed by atoms with Crippen molar-refractivity contribution >= 4 is 27.5 Å². The number of carbonyl (C=O) groups is 1. The van der Waals surface area contributed by atoms with Gasteiger partial charge in [-0.1, -0.05) is 15.9 Å². The molecular weight excluding hydrogens is 312 g/mol. The first-order valence-corrected chi connectivity index (χ1v) is 6.94. The topological polar surface area (TPSA) is 59.6 Å². The van der Waals surface area contributed by atoms with E-state index >= 15 is 0 Å². The van der Waals surface area contributed by atoms with E-state index in [1.54, 1.807) is 13.2 Å². The van der Waals surface area contributed by atoms with Gasteiger partial charge in [-0.3, -0.25) is 4.79 Å². The monoisotopic (exact) mass is 328 g/mol. The van der Waals surface area contributed by atoms with Crippen LogP contribution in [0.1, 0.15) is 6.42 Å². The van der Waals surface area contributed by atoms with E-state index in [0.29, 0.717) is 31.0 Å². The highest BCUT2D eigenvalue weighted by molar-refractivity contribution is 9.10. The number of rotatable bonds is 4. The molecule has 0 saturated carbocycles. The fourth-order valence-corrected chi connectivity index (χ4v) is 2.30. The fourth-order valence-electron chi connectivity index (χ4n) is 1.94. The molecule has 0 radical (unpaired) electrons. The van der Waals surface area contributed by atoms with Crippen LogP contribution in [0.4, 0.5) is 5.69 Å². The Bertz CT molecular complexity index is 448. The molecule has 104 valence electrons. The number of halogens is 1. The van der Waals surface area contributed by atoms with Gasteiger partial charge in [0.2, 0.25) is 5.91 Å². The van der Waals surface area contributed by atoms with E-state index in [0.717, 1.165) is 11.0 Å². The minimum atomic E-state index is -0.0786. The molecule has 2 N–H and O–H groups in total. The normalized spacial score (nSPS) is 18.9. The Balaban J connectivity index is 1.95. The van der Waals surface area contributed by atoms with Crippen molar-refractivity contribution in [2.45, 2.75) is 12.5 Å². The van der Waals surface area contributed by atoms with Crippen LogP contribution in [0.15, 0.2) is 22.7 Å². The maximum Gasteiger partial charge on any atom is 0.227 e. The van der Waals surface area contributed by atoms with Crippen molar-refractivity contribution in [2.75, 3.05) is 32.1 Å². The van der Waals surface area contributed by atoms with E-state index < -0.39 is 0 Å². The van der Waals surface area contributed by atoms with Crippen LogP contribution in [0.2, 0.25) is 0 Å². The van der Waals surface area contributed by atoms with Gasteiger partial charge in [0, 0.05) is 17.6 Å². The van der Waals surface area contributed by atoms with Gasteiger partial charge in [0.1, 0.15) is 5.75 Å². The van der Waals surface area contributed by atoms with Crippen molar-refractivity contribution in [1.29, 1.82) is 0 Å². The SMILES string of the molecule is COc1ccc(Br)cc1NC(=O)CC1CNCCO1. The molecule has 1 atom stereocenters. The maximum absolute atomic E-state index is 12.0. The van der Waals surface area contributed by atoms with Gasteiger partial charge < -0.3 is 20.1 Å². The van der Waals surface area contributed by atoms with Crippen LogP contribution in [-0.4, -0.2) is 38.8 Å². The van der Waals surface area contributed by atoms with Crippen LogP contribution in [-0.2, 0) is 9.53 Å². The van der Waals surface area contributed by atoms with E-state index in [1.165, 1.54) is 0 Å². The van der Waals surface area contributed by atoms with Gasteiger partial charge in [-0.2, -0.15) is 0 Å². The largest absolute Gasteiger partial charge is 0.495 e. The Labute approximate surface area is 120 Å². The van der Waals surface area contributed by atoms with Crippen LogP contribution >= 0.6 is 15.9 Å². The Hall–Kier alpha value is -1.11. The molecule has 1 saturated heterocycles. The number of carbonyl (C=O) groups excluding carboxylic acids is 1. The average Bonchev–Trinajstić information content (AvgIpc) is 2.40. The molecule has 0 aliphatic carbocycles. The first-order valence-electron chi connectivity index (χ1n) is 6.15. The second-order valence-electron chi connectivity index (χ2n) is 4.29. The number of anilines is 1. The summed E-state index contributed by atoms with van der Waals surface area (Å²) in [4.78, 5) is 12.0. The second-order valence-corrected chi connectivity index (χ2v) is 5.21. The summed E-state index contributed by atoms with van der Waals surface area (Å²) in [5.74, 6) is 0.560. The number of benzene rings is 1.